The molecule has 0 bridgehead atoms. The molecule has 2 heterocycles. The molecule has 0 radical (unpaired) electrons. The highest BCUT2D eigenvalue weighted by Crippen LogP contribution is 2.35. The average molecular weight is 314 g/mol. The van der Waals surface area contributed by atoms with Crippen LogP contribution in [0.15, 0.2) is 47.5 Å². The molecular formula is C16H14N2O3S. The van der Waals surface area contributed by atoms with E-state index in [2.05, 4.69) is 0 Å². The molecular weight excluding hydrogens is 300 g/mol. The molecule has 22 heavy (non-hydrogen) atoms. The third kappa shape index (κ3) is 1.77. The Hall–Kier alpha value is -2.34. The number of amides is 1. The molecule has 4 rings (SSSR count). The minimum Gasteiger partial charge on any atom is -0.366 e. The Morgan fingerprint density at radius 3 is 2.50 bits per heavy atom. The van der Waals surface area contributed by atoms with Crippen LogP contribution in [-0.2, 0) is 9.84 Å². The van der Waals surface area contributed by atoms with Gasteiger partial charge in [-0.2, -0.15) is 0 Å². The molecule has 2 N–H and O–H groups in total. The fourth-order valence-electron chi connectivity index (χ4n) is 2.92. The number of nitrogens with zero attached hydrogens (tertiary/aromatic N) is 1. The van der Waals surface area contributed by atoms with Crippen molar-refractivity contribution in [1.82, 2.24) is 4.40 Å². The van der Waals surface area contributed by atoms with Gasteiger partial charge in [-0.3, -0.25) is 4.79 Å². The normalized spacial score (nSPS) is 15.5. The Bertz CT molecular complexity index is 1030. The summed E-state index contributed by atoms with van der Waals surface area (Å²) in [6.45, 7) is 0. The van der Waals surface area contributed by atoms with Crippen molar-refractivity contribution in [3.8, 4) is 0 Å². The molecule has 0 spiro atoms. The maximum Gasteiger partial charge on any atom is 0.251 e. The van der Waals surface area contributed by atoms with Crippen LogP contribution in [-0.4, -0.2) is 24.0 Å². The third-order valence-electron chi connectivity index (χ3n) is 4.15. The van der Waals surface area contributed by atoms with Gasteiger partial charge in [-0.1, -0.05) is 18.2 Å². The number of primary amides is 1. The second kappa shape index (κ2) is 4.33. The van der Waals surface area contributed by atoms with Crippen molar-refractivity contribution in [1.29, 1.82) is 0 Å². The molecule has 112 valence electrons. The molecule has 0 atom stereocenters. The van der Waals surface area contributed by atoms with Gasteiger partial charge in [0.05, 0.1) is 26.7 Å². The van der Waals surface area contributed by atoms with Crippen molar-refractivity contribution in [3.63, 3.8) is 0 Å². The van der Waals surface area contributed by atoms with Crippen molar-refractivity contribution in [3.05, 3.63) is 48.2 Å². The number of sulfone groups is 1. The Labute approximate surface area is 127 Å². The van der Waals surface area contributed by atoms with E-state index >= 15 is 0 Å². The molecule has 0 aliphatic heterocycles. The summed E-state index contributed by atoms with van der Waals surface area (Å²) in [5.74, 6) is -0.517. The number of rotatable bonds is 3. The third-order valence-corrected chi connectivity index (χ3v) is 6.40. The predicted molar refractivity (Wildman–Crippen MR) is 83.6 cm³/mol. The van der Waals surface area contributed by atoms with Gasteiger partial charge in [-0.05, 0) is 31.0 Å². The van der Waals surface area contributed by atoms with Crippen molar-refractivity contribution in [2.45, 2.75) is 23.0 Å². The molecule has 1 aliphatic rings. The summed E-state index contributed by atoms with van der Waals surface area (Å²) < 4.78 is 26.6. The summed E-state index contributed by atoms with van der Waals surface area (Å²) in [5, 5.41) is 0.471. The topological polar surface area (TPSA) is 81.6 Å². The van der Waals surface area contributed by atoms with Crippen LogP contribution in [0.2, 0.25) is 0 Å². The predicted octanol–water partition coefficient (Wildman–Crippen LogP) is 2.13. The summed E-state index contributed by atoms with van der Waals surface area (Å²) in [4.78, 5) is 12.1. The van der Waals surface area contributed by atoms with Gasteiger partial charge in [-0.15, -0.1) is 0 Å². The molecule has 5 nitrogen and oxygen atoms in total. The summed E-state index contributed by atoms with van der Waals surface area (Å²) >= 11 is 0. The van der Waals surface area contributed by atoms with Gasteiger partial charge >= 0.3 is 0 Å². The molecule has 1 aromatic carbocycles. The molecule has 1 amide bonds. The van der Waals surface area contributed by atoms with Crippen molar-refractivity contribution in [2.75, 3.05) is 0 Å². The molecule has 1 aliphatic carbocycles. The molecule has 3 aromatic rings. The van der Waals surface area contributed by atoms with Gasteiger partial charge in [-0.25, -0.2) is 8.42 Å². The first-order valence-corrected chi connectivity index (χ1v) is 8.61. The lowest BCUT2D eigenvalue weighted by Crippen LogP contribution is -2.11. The lowest BCUT2D eigenvalue weighted by molar-refractivity contribution is 0.100. The first-order chi connectivity index (χ1) is 10.5. The summed E-state index contributed by atoms with van der Waals surface area (Å²) in [5.41, 5.74) is 7.33. The van der Waals surface area contributed by atoms with E-state index in [1.54, 1.807) is 22.7 Å². The Morgan fingerprint density at radius 2 is 1.82 bits per heavy atom. The minimum atomic E-state index is -3.27. The van der Waals surface area contributed by atoms with E-state index in [-0.39, 0.29) is 5.25 Å². The monoisotopic (exact) mass is 314 g/mol. The van der Waals surface area contributed by atoms with Crippen LogP contribution in [0.1, 0.15) is 23.2 Å². The van der Waals surface area contributed by atoms with Crippen LogP contribution < -0.4 is 5.73 Å². The first-order valence-electron chi connectivity index (χ1n) is 7.06. The highest BCUT2D eigenvalue weighted by Gasteiger charge is 2.37. The number of carbonyl (C=O) groups excluding carboxylic acids is 1. The molecule has 6 heteroatoms. The number of carbonyl (C=O) groups is 1. The zero-order chi connectivity index (χ0) is 15.5. The van der Waals surface area contributed by atoms with Crippen LogP contribution in [0.4, 0.5) is 0 Å². The first kappa shape index (κ1) is 13.3. The molecule has 1 saturated carbocycles. The average Bonchev–Trinajstić information content (AvgIpc) is 3.29. The van der Waals surface area contributed by atoms with Crippen LogP contribution in [0, 0.1) is 0 Å². The van der Waals surface area contributed by atoms with Crippen LogP contribution in [0.5, 0.6) is 0 Å². The zero-order valence-corrected chi connectivity index (χ0v) is 12.5. The molecule has 0 unspecified atom stereocenters. The standard InChI is InChI=1S/C16H14N2O3S/c17-16(19)15-12-3-1-2-4-13(12)18-9-11(7-8-14(15)18)22(20,21)10-5-6-10/h1-4,7-10H,5-6H2,(H2,17,19). The highest BCUT2D eigenvalue weighted by atomic mass is 32.2. The highest BCUT2D eigenvalue weighted by molar-refractivity contribution is 7.92. The van der Waals surface area contributed by atoms with E-state index in [9.17, 15) is 13.2 Å². The number of nitrogens with two attached hydrogens (primary N) is 1. The lowest BCUT2D eigenvalue weighted by atomic mass is 10.1. The Morgan fingerprint density at radius 1 is 1.09 bits per heavy atom. The summed E-state index contributed by atoms with van der Waals surface area (Å²) in [6, 6.07) is 10.6. The fraction of sp³-hybridized carbons (Fsp3) is 0.188. The molecule has 1 fully saturated rings. The molecule has 0 saturated heterocycles. The SMILES string of the molecule is NC(=O)c1c2ccccc2n2cc(S(=O)(=O)C3CC3)ccc12. The number of benzene rings is 1. The minimum absolute atomic E-state index is 0.262. The Kier molecular flexibility index (Phi) is 2.62. The van der Waals surface area contributed by atoms with Crippen molar-refractivity contribution >= 4 is 32.2 Å². The zero-order valence-electron chi connectivity index (χ0n) is 11.7. The molecule has 2 aromatic heterocycles. The van der Waals surface area contributed by atoms with E-state index in [1.807, 2.05) is 24.3 Å². The number of hydrogen-bond donors (Lipinski definition) is 1. The fourth-order valence-corrected chi connectivity index (χ4v) is 4.57. The van der Waals surface area contributed by atoms with Gasteiger partial charge in [0.25, 0.3) is 5.91 Å². The number of pyridine rings is 1. The van der Waals surface area contributed by atoms with E-state index in [0.29, 0.717) is 16.0 Å². The van der Waals surface area contributed by atoms with Crippen molar-refractivity contribution < 1.29 is 13.2 Å². The van der Waals surface area contributed by atoms with E-state index in [4.69, 9.17) is 5.73 Å². The second-order valence-electron chi connectivity index (χ2n) is 5.62. The smallest absolute Gasteiger partial charge is 0.251 e. The quantitative estimate of drug-likeness (QED) is 0.804. The number of para-hydroxylation sites is 1. The van der Waals surface area contributed by atoms with E-state index in [0.717, 1.165) is 23.7 Å². The van der Waals surface area contributed by atoms with Gasteiger partial charge < -0.3 is 10.1 Å². The van der Waals surface area contributed by atoms with Crippen LogP contribution in [0.25, 0.3) is 16.4 Å². The van der Waals surface area contributed by atoms with Crippen molar-refractivity contribution in [2.24, 2.45) is 5.73 Å². The van der Waals surface area contributed by atoms with Gasteiger partial charge in [0.1, 0.15) is 0 Å². The number of aromatic nitrogens is 1. The number of hydrogen-bond acceptors (Lipinski definition) is 3. The maximum absolute atomic E-state index is 12.4. The summed E-state index contributed by atoms with van der Waals surface area (Å²) in [7, 11) is -3.27. The van der Waals surface area contributed by atoms with E-state index < -0.39 is 15.7 Å². The maximum atomic E-state index is 12.4. The van der Waals surface area contributed by atoms with E-state index in [1.165, 1.54) is 0 Å². The lowest BCUT2D eigenvalue weighted by Gasteiger charge is -2.05. The second-order valence-corrected chi connectivity index (χ2v) is 7.85. The van der Waals surface area contributed by atoms with Gasteiger partial charge in [0, 0.05) is 11.6 Å². The number of fused-ring (bicyclic) bond motifs is 3. The Balaban J connectivity index is 2.09. The van der Waals surface area contributed by atoms with Gasteiger partial charge in [0.2, 0.25) is 0 Å². The largest absolute Gasteiger partial charge is 0.366 e. The van der Waals surface area contributed by atoms with Crippen LogP contribution >= 0.6 is 0 Å². The van der Waals surface area contributed by atoms with Crippen LogP contribution in [0.3, 0.4) is 0 Å². The summed E-state index contributed by atoms with van der Waals surface area (Å²) in [6.07, 6.45) is 3.04. The van der Waals surface area contributed by atoms with Gasteiger partial charge in [0.15, 0.2) is 9.84 Å².